The van der Waals surface area contributed by atoms with Crippen LogP contribution in [0.4, 0.5) is 5.69 Å². The molecule has 2 amide bonds. The normalized spacial score (nSPS) is 32.0. The average molecular weight is 437 g/mol. The van der Waals surface area contributed by atoms with Crippen molar-refractivity contribution < 1.29 is 34.8 Å². The quantitative estimate of drug-likeness (QED) is 0.403. The molecule has 2 aromatic rings. The zero-order chi connectivity index (χ0) is 21.6. The number of amides is 2. The van der Waals surface area contributed by atoms with Gasteiger partial charge in [0.15, 0.2) is 6.29 Å². The fourth-order valence-corrected chi connectivity index (χ4v) is 4.67. The number of ether oxygens (including phenoxy) is 1. The molecule has 1 aromatic carbocycles. The maximum absolute atomic E-state index is 12.7. The smallest absolute Gasteiger partial charge is 0.227 e. The Kier molecular flexibility index (Phi) is 5.75. The minimum atomic E-state index is -1.60. The predicted molar refractivity (Wildman–Crippen MR) is 107 cm³/mol. The third kappa shape index (κ3) is 3.80. The van der Waals surface area contributed by atoms with Gasteiger partial charge >= 0.3 is 0 Å². The first kappa shape index (κ1) is 21.1. The van der Waals surface area contributed by atoms with Crippen LogP contribution in [-0.4, -0.2) is 81.0 Å². The van der Waals surface area contributed by atoms with Crippen LogP contribution in [0.2, 0.25) is 0 Å². The number of hydrogen-bond acceptors (Lipinski definition) is 9. The summed E-state index contributed by atoms with van der Waals surface area (Å²) in [4.78, 5) is 31.2. The Morgan fingerprint density at radius 3 is 2.83 bits per heavy atom. The molecule has 162 valence electrons. The predicted octanol–water partition coefficient (Wildman–Crippen LogP) is -1.13. The number of carbonyl (C=O) groups excluding carboxylic acids is 2. The molecule has 0 radical (unpaired) electrons. The van der Waals surface area contributed by atoms with E-state index in [0.29, 0.717) is 5.69 Å². The van der Waals surface area contributed by atoms with E-state index >= 15 is 0 Å². The Labute approximate surface area is 175 Å². The van der Waals surface area contributed by atoms with Gasteiger partial charge < -0.3 is 35.4 Å². The molecule has 2 saturated heterocycles. The molecule has 0 bridgehead atoms. The highest BCUT2D eigenvalue weighted by Gasteiger charge is 2.45. The molecule has 11 heteroatoms. The van der Waals surface area contributed by atoms with Crippen LogP contribution >= 0.6 is 11.3 Å². The third-order valence-corrected chi connectivity index (χ3v) is 6.45. The van der Waals surface area contributed by atoms with Gasteiger partial charge in [-0.25, -0.2) is 4.98 Å². The molecule has 4 rings (SSSR count). The number of rotatable bonds is 4. The van der Waals surface area contributed by atoms with E-state index in [4.69, 9.17) is 9.84 Å². The van der Waals surface area contributed by atoms with Gasteiger partial charge in [-0.05, 0) is 25.1 Å². The summed E-state index contributed by atoms with van der Waals surface area (Å²) in [5.41, 5.74) is 1.43. The van der Waals surface area contributed by atoms with Gasteiger partial charge in [-0.2, -0.15) is 0 Å². The fraction of sp³-hybridized carbons (Fsp3) is 0.526. The number of aliphatic hydroxyl groups excluding tert-OH is 4. The van der Waals surface area contributed by atoms with Crippen LogP contribution in [0.1, 0.15) is 11.4 Å². The maximum atomic E-state index is 12.7. The van der Waals surface area contributed by atoms with Crippen LogP contribution in [0.3, 0.4) is 0 Å². The average Bonchev–Trinajstić information content (AvgIpc) is 3.28. The molecule has 2 aliphatic rings. The van der Waals surface area contributed by atoms with E-state index in [2.05, 4.69) is 10.3 Å². The van der Waals surface area contributed by atoms with Crippen molar-refractivity contribution in [3.8, 4) is 0 Å². The van der Waals surface area contributed by atoms with E-state index in [1.807, 2.05) is 25.1 Å². The molecule has 0 saturated carbocycles. The number of fused-ring (bicyclic) bond motifs is 1. The molecule has 6 atom stereocenters. The lowest BCUT2D eigenvalue weighted by atomic mass is 9.96. The summed E-state index contributed by atoms with van der Waals surface area (Å²) in [7, 11) is 0. The van der Waals surface area contributed by atoms with E-state index in [0.717, 1.165) is 15.2 Å². The van der Waals surface area contributed by atoms with E-state index in [9.17, 15) is 24.9 Å². The second-order valence-corrected chi connectivity index (χ2v) is 8.79. The Bertz CT molecular complexity index is 967. The maximum Gasteiger partial charge on any atom is 0.227 e. The van der Waals surface area contributed by atoms with Gasteiger partial charge in [0.1, 0.15) is 24.4 Å². The highest BCUT2D eigenvalue weighted by atomic mass is 32.1. The standard InChI is InChI=1S/C19H23N3O7S/c1-8-20-11-5-10(2-3-13(11)30-8)22-6-9(4-14(22)24)18(27)21-15-17(26)16(25)12(7-23)29-19(15)28/h2-3,5,9,12,15-17,19,23,25-26,28H,4,6-7H2,1H3,(H,21,27)/t9?,12-,15?,16?,17-,19?/m1/s1. The van der Waals surface area contributed by atoms with Crippen molar-refractivity contribution in [3.05, 3.63) is 23.2 Å². The summed E-state index contributed by atoms with van der Waals surface area (Å²) in [5, 5.41) is 42.7. The minimum Gasteiger partial charge on any atom is -0.394 e. The molecule has 0 aliphatic carbocycles. The van der Waals surface area contributed by atoms with Gasteiger partial charge in [0.05, 0.1) is 27.7 Å². The van der Waals surface area contributed by atoms with Crippen LogP contribution < -0.4 is 10.2 Å². The number of aryl methyl sites for hydroxylation is 1. The fourth-order valence-electron chi connectivity index (χ4n) is 3.87. The van der Waals surface area contributed by atoms with Crippen LogP contribution in [0.15, 0.2) is 18.2 Å². The van der Waals surface area contributed by atoms with Crippen LogP contribution in [-0.2, 0) is 14.3 Å². The molecule has 3 heterocycles. The Hall–Kier alpha value is -2.15. The second-order valence-electron chi connectivity index (χ2n) is 7.55. The largest absolute Gasteiger partial charge is 0.394 e. The van der Waals surface area contributed by atoms with Crippen molar-refractivity contribution >= 4 is 39.1 Å². The topological polar surface area (TPSA) is 152 Å². The lowest BCUT2D eigenvalue weighted by Gasteiger charge is -2.40. The molecular formula is C19H23N3O7S. The number of anilines is 1. The molecule has 30 heavy (non-hydrogen) atoms. The molecule has 4 unspecified atom stereocenters. The summed E-state index contributed by atoms with van der Waals surface area (Å²) >= 11 is 1.56. The van der Waals surface area contributed by atoms with Crippen molar-refractivity contribution in [2.24, 2.45) is 5.92 Å². The van der Waals surface area contributed by atoms with Gasteiger partial charge in [-0.1, -0.05) is 0 Å². The van der Waals surface area contributed by atoms with Gasteiger partial charge in [-0.15, -0.1) is 11.3 Å². The minimum absolute atomic E-state index is 0.0262. The highest BCUT2D eigenvalue weighted by Crippen LogP contribution is 2.30. The Morgan fingerprint density at radius 2 is 2.10 bits per heavy atom. The second kappa shape index (κ2) is 8.17. The number of thiazole rings is 1. The summed E-state index contributed by atoms with van der Waals surface area (Å²) in [6.07, 6.45) is -5.79. The van der Waals surface area contributed by atoms with Crippen LogP contribution in [0.25, 0.3) is 10.2 Å². The van der Waals surface area contributed by atoms with Crippen molar-refractivity contribution in [2.45, 2.75) is 44.0 Å². The number of nitrogens with zero attached hydrogens (tertiary/aromatic N) is 2. The third-order valence-electron chi connectivity index (χ3n) is 5.49. The first-order valence-corrected chi connectivity index (χ1v) is 10.4. The SMILES string of the molecule is Cc1nc2cc(N3CC(C(=O)NC4C(O)O[C@H](CO)C(O)[C@@H]4O)CC3=O)ccc2s1. The first-order chi connectivity index (χ1) is 14.3. The number of aliphatic hydroxyl groups is 4. The highest BCUT2D eigenvalue weighted by molar-refractivity contribution is 7.18. The summed E-state index contributed by atoms with van der Waals surface area (Å²) in [6.45, 7) is 1.45. The van der Waals surface area contributed by atoms with Gasteiger partial charge in [-0.3, -0.25) is 9.59 Å². The summed E-state index contributed by atoms with van der Waals surface area (Å²) in [6, 6.07) is 4.23. The van der Waals surface area contributed by atoms with E-state index in [-0.39, 0.29) is 18.9 Å². The van der Waals surface area contributed by atoms with Gasteiger partial charge in [0.25, 0.3) is 0 Å². The Morgan fingerprint density at radius 1 is 1.33 bits per heavy atom. The number of carbonyl (C=O) groups is 2. The monoisotopic (exact) mass is 437 g/mol. The molecular weight excluding hydrogens is 414 g/mol. The zero-order valence-electron chi connectivity index (χ0n) is 16.1. The van der Waals surface area contributed by atoms with Crippen molar-refractivity contribution in [1.29, 1.82) is 0 Å². The van der Waals surface area contributed by atoms with E-state index in [1.165, 1.54) is 4.90 Å². The number of benzene rings is 1. The Balaban J connectivity index is 1.45. The van der Waals surface area contributed by atoms with Gasteiger partial charge in [0.2, 0.25) is 11.8 Å². The van der Waals surface area contributed by atoms with Crippen molar-refractivity contribution in [2.75, 3.05) is 18.1 Å². The molecule has 2 fully saturated rings. The summed E-state index contributed by atoms with van der Waals surface area (Å²) < 4.78 is 6.06. The van der Waals surface area contributed by atoms with E-state index in [1.54, 1.807) is 11.3 Å². The zero-order valence-corrected chi connectivity index (χ0v) is 17.0. The molecule has 10 nitrogen and oxygen atoms in total. The lowest BCUT2D eigenvalue weighted by Crippen LogP contribution is -2.64. The van der Waals surface area contributed by atoms with Gasteiger partial charge in [0, 0.05) is 18.7 Å². The van der Waals surface area contributed by atoms with Crippen LogP contribution in [0.5, 0.6) is 0 Å². The van der Waals surface area contributed by atoms with Crippen molar-refractivity contribution in [1.82, 2.24) is 10.3 Å². The molecule has 2 aliphatic heterocycles. The molecule has 5 N–H and O–H groups in total. The molecule has 0 spiro atoms. The van der Waals surface area contributed by atoms with Crippen LogP contribution in [0, 0.1) is 12.8 Å². The van der Waals surface area contributed by atoms with Crippen molar-refractivity contribution in [3.63, 3.8) is 0 Å². The number of hydrogen-bond donors (Lipinski definition) is 5. The number of aromatic nitrogens is 1. The van der Waals surface area contributed by atoms with E-state index < -0.39 is 49.1 Å². The first-order valence-electron chi connectivity index (χ1n) is 9.57. The number of nitrogens with one attached hydrogen (secondary N) is 1. The molecule has 1 aromatic heterocycles. The summed E-state index contributed by atoms with van der Waals surface area (Å²) in [5.74, 6) is -1.46. The lowest BCUT2D eigenvalue weighted by molar-refractivity contribution is -0.254.